The molecule has 0 aromatic rings. The Hall–Kier alpha value is -1.32. The molecule has 4 unspecified atom stereocenters. The Morgan fingerprint density at radius 2 is 2.00 bits per heavy atom. The van der Waals surface area contributed by atoms with Gasteiger partial charge in [0.1, 0.15) is 11.6 Å². The molecule has 3 rings (SSSR count). The van der Waals surface area contributed by atoms with Crippen LogP contribution in [0.2, 0.25) is 0 Å². The number of Topliss-reactive ketones (excluding diaryl/α,β-unsaturated/α-hetero) is 1. The topological polar surface area (TPSA) is 46.6 Å². The maximum absolute atomic E-state index is 12.5. The van der Waals surface area contributed by atoms with E-state index in [9.17, 15) is 9.59 Å². The number of rotatable bonds is 0. The van der Waals surface area contributed by atoms with Crippen LogP contribution in [-0.4, -0.2) is 35.0 Å². The van der Waals surface area contributed by atoms with Gasteiger partial charge in [-0.3, -0.25) is 9.69 Å². The van der Waals surface area contributed by atoms with Gasteiger partial charge in [-0.15, -0.1) is 0 Å². The molecule has 4 atom stereocenters. The number of amides is 1. The van der Waals surface area contributed by atoms with Gasteiger partial charge in [-0.05, 0) is 39.5 Å². The molecule has 1 saturated carbocycles. The lowest BCUT2D eigenvalue weighted by Crippen LogP contribution is -2.59. The highest BCUT2D eigenvalue weighted by molar-refractivity contribution is 5.92. The highest BCUT2D eigenvalue weighted by atomic mass is 16.6. The number of ketones is 1. The van der Waals surface area contributed by atoms with Gasteiger partial charge < -0.3 is 4.74 Å². The Morgan fingerprint density at radius 1 is 1.32 bits per heavy atom. The van der Waals surface area contributed by atoms with Crippen molar-refractivity contribution in [2.24, 2.45) is 17.8 Å². The number of likely N-dealkylation sites (tertiary alicyclic amines) is 1. The summed E-state index contributed by atoms with van der Waals surface area (Å²) in [5, 5.41) is 0. The van der Waals surface area contributed by atoms with Crippen LogP contribution in [0.25, 0.3) is 0 Å². The molecule has 0 radical (unpaired) electrons. The molecule has 2 aliphatic carbocycles. The third kappa shape index (κ3) is 2.07. The lowest BCUT2D eigenvalue weighted by Gasteiger charge is -2.45. The molecule has 4 bridgehead atoms. The fraction of sp³-hybridized carbons (Fsp3) is 0.733. The largest absolute Gasteiger partial charge is 0.444 e. The SMILES string of the molecule is CC(C)(C)OC(=O)N1CCC2C(=O)C1C1C=CC2C1. The van der Waals surface area contributed by atoms with Crippen molar-refractivity contribution in [3.8, 4) is 0 Å². The van der Waals surface area contributed by atoms with E-state index < -0.39 is 5.60 Å². The maximum atomic E-state index is 12.5. The average Bonchev–Trinajstić information content (AvgIpc) is 2.70. The van der Waals surface area contributed by atoms with Gasteiger partial charge in [-0.2, -0.15) is 0 Å². The molecule has 19 heavy (non-hydrogen) atoms. The second-order valence-electron chi connectivity index (χ2n) is 6.86. The van der Waals surface area contributed by atoms with Gasteiger partial charge in [0.05, 0.1) is 0 Å². The molecule has 1 aliphatic heterocycles. The summed E-state index contributed by atoms with van der Waals surface area (Å²) in [5.74, 6) is 0.971. The number of hydrogen-bond acceptors (Lipinski definition) is 3. The van der Waals surface area contributed by atoms with E-state index in [1.165, 1.54) is 0 Å². The predicted octanol–water partition coefficient (Wildman–Crippen LogP) is 2.39. The van der Waals surface area contributed by atoms with Gasteiger partial charge in [0, 0.05) is 18.4 Å². The third-order valence-electron chi connectivity index (χ3n) is 4.37. The van der Waals surface area contributed by atoms with Gasteiger partial charge in [0.2, 0.25) is 0 Å². The van der Waals surface area contributed by atoms with E-state index in [2.05, 4.69) is 12.2 Å². The Labute approximate surface area is 113 Å². The first-order valence-electron chi connectivity index (χ1n) is 7.08. The first kappa shape index (κ1) is 12.7. The van der Waals surface area contributed by atoms with Crippen molar-refractivity contribution in [1.29, 1.82) is 0 Å². The predicted molar refractivity (Wildman–Crippen MR) is 70.6 cm³/mol. The summed E-state index contributed by atoms with van der Waals surface area (Å²) in [6.07, 6.45) is 5.74. The smallest absolute Gasteiger partial charge is 0.410 e. The van der Waals surface area contributed by atoms with Crippen molar-refractivity contribution in [2.45, 2.75) is 45.3 Å². The van der Waals surface area contributed by atoms with E-state index in [-0.39, 0.29) is 29.8 Å². The number of fused-ring (bicyclic) bond motifs is 6. The number of nitrogens with zero attached hydrogens (tertiary/aromatic N) is 1. The Kier molecular flexibility index (Phi) is 2.73. The van der Waals surface area contributed by atoms with E-state index in [1.807, 2.05) is 20.8 Å². The third-order valence-corrected chi connectivity index (χ3v) is 4.37. The Morgan fingerprint density at radius 3 is 2.68 bits per heavy atom. The van der Waals surface area contributed by atoms with Crippen LogP contribution in [0.4, 0.5) is 4.79 Å². The van der Waals surface area contributed by atoms with E-state index in [0.717, 1.165) is 12.8 Å². The quantitative estimate of drug-likeness (QED) is 0.630. The summed E-state index contributed by atoms with van der Waals surface area (Å²) < 4.78 is 5.43. The number of piperidine rings is 1. The van der Waals surface area contributed by atoms with Crippen molar-refractivity contribution in [3.63, 3.8) is 0 Å². The maximum Gasteiger partial charge on any atom is 0.410 e. The monoisotopic (exact) mass is 263 g/mol. The molecule has 3 aliphatic rings. The van der Waals surface area contributed by atoms with Crippen molar-refractivity contribution in [3.05, 3.63) is 12.2 Å². The van der Waals surface area contributed by atoms with Crippen molar-refractivity contribution < 1.29 is 14.3 Å². The molecule has 0 N–H and O–H groups in total. The summed E-state index contributed by atoms with van der Waals surface area (Å²) >= 11 is 0. The number of allylic oxidation sites excluding steroid dienone is 1. The minimum atomic E-state index is -0.514. The van der Waals surface area contributed by atoms with Crippen LogP contribution in [0.15, 0.2) is 12.2 Å². The molecule has 2 fully saturated rings. The minimum absolute atomic E-state index is 0.124. The molecule has 0 aromatic heterocycles. The van der Waals surface area contributed by atoms with Gasteiger partial charge in [-0.1, -0.05) is 12.2 Å². The zero-order valence-electron chi connectivity index (χ0n) is 11.8. The lowest BCUT2D eigenvalue weighted by molar-refractivity contribution is -0.138. The number of hydrogen-bond donors (Lipinski definition) is 0. The van der Waals surface area contributed by atoms with Gasteiger partial charge in [0.25, 0.3) is 0 Å². The van der Waals surface area contributed by atoms with Gasteiger partial charge in [0.15, 0.2) is 5.78 Å². The molecule has 104 valence electrons. The fourth-order valence-corrected chi connectivity index (χ4v) is 3.61. The van der Waals surface area contributed by atoms with Crippen LogP contribution < -0.4 is 0 Å². The molecule has 1 amide bonds. The molecular formula is C15H21NO3. The highest BCUT2D eigenvalue weighted by Crippen LogP contribution is 2.45. The van der Waals surface area contributed by atoms with Crippen LogP contribution >= 0.6 is 0 Å². The van der Waals surface area contributed by atoms with Gasteiger partial charge in [-0.25, -0.2) is 4.79 Å². The zero-order chi connectivity index (χ0) is 13.8. The van der Waals surface area contributed by atoms with E-state index in [1.54, 1.807) is 4.90 Å². The number of ether oxygens (including phenoxy) is 1. The molecule has 4 nitrogen and oxygen atoms in total. The van der Waals surface area contributed by atoms with E-state index in [0.29, 0.717) is 12.5 Å². The number of carbonyl (C=O) groups is 2. The molecule has 1 saturated heterocycles. The van der Waals surface area contributed by atoms with E-state index in [4.69, 9.17) is 4.74 Å². The normalized spacial score (nSPS) is 36.6. The lowest BCUT2D eigenvalue weighted by atomic mass is 9.70. The standard InChI is InChI=1S/C15H21NO3/c1-15(2,3)19-14(18)16-7-6-11-9-4-5-10(8-9)12(16)13(11)17/h4-5,9-12H,6-8H2,1-3H3. The summed E-state index contributed by atoms with van der Waals surface area (Å²) in [6, 6.07) is -0.288. The molecule has 0 spiro atoms. The van der Waals surface area contributed by atoms with Crippen LogP contribution in [0.3, 0.4) is 0 Å². The van der Waals surface area contributed by atoms with Crippen LogP contribution in [0, 0.1) is 17.8 Å². The van der Waals surface area contributed by atoms with Crippen LogP contribution in [-0.2, 0) is 9.53 Å². The first-order chi connectivity index (χ1) is 8.87. The first-order valence-corrected chi connectivity index (χ1v) is 7.08. The summed E-state index contributed by atoms with van der Waals surface area (Å²) in [6.45, 7) is 6.20. The minimum Gasteiger partial charge on any atom is -0.444 e. The molecule has 1 heterocycles. The second kappa shape index (κ2) is 4.09. The second-order valence-corrected chi connectivity index (χ2v) is 6.86. The zero-order valence-corrected chi connectivity index (χ0v) is 11.8. The molecular weight excluding hydrogens is 242 g/mol. The Balaban J connectivity index is 1.82. The summed E-state index contributed by atoms with van der Waals surface area (Å²) in [4.78, 5) is 26.4. The van der Waals surface area contributed by atoms with Crippen molar-refractivity contribution >= 4 is 11.9 Å². The highest BCUT2D eigenvalue weighted by Gasteiger charge is 2.51. The summed E-state index contributed by atoms with van der Waals surface area (Å²) in [7, 11) is 0. The summed E-state index contributed by atoms with van der Waals surface area (Å²) in [5.41, 5.74) is -0.514. The van der Waals surface area contributed by atoms with Crippen molar-refractivity contribution in [1.82, 2.24) is 4.90 Å². The molecule has 4 heteroatoms. The Bertz CT molecular complexity index is 449. The van der Waals surface area contributed by atoms with Gasteiger partial charge >= 0.3 is 6.09 Å². The van der Waals surface area contributed by atoms with Crippen LogP contribution in [0.5, 0.6) is 0 Å². The average molecular weight is 263 g/mol. The van der Waals surface area contributed by atoms with Crippen molar-refractivity contribution in [2.75, 3.05) is 6.54 Å². The van der Waals surface area contributed by atoms with Crippen LogP contribution in [0.1, 0.15) is 33.6 Å². The fourth-order valence-electron chi connectivity index (χ4n) is 3.61. The van der Waals surface area contributed by atoms with E-state index >= 15 is 0 Å². The molecule has 0 aromatic carbocycles. The number of carbonyl (C=O) groups excluding carboxylic acids is 2.